The molecule has 3 aromatic carbocycles. The highest BCUT2D eigenvalue weighted by atomic mass is 15.1. The Bertz CT molecular complexity index is 969. The third kappa shape index (κ3) is 1.93. The minimum atomic E-state index is 1.01. The Labute approximate surface area is 124 Å². The van der Waals surface area contributed by atoms with E-state index in [1.165, 1.54) is 16.2 Å². The average molecular weight is 270 g/mol. The van der Waals surface area contributed by atoms with Crippen molar-refractivity contribution >= 4 is 35.1 Å². The molecule has 0 unspecified atom stereocenters. The second-order valence-corrected chi connectivity index (χ2v) is 5.55. The molecule has 0 bridgehead atoms. The highest BCUT2D eigenvalue weighted by Crippen LogP contribution is 2.26. The first kappa shape index (κ1) is 12.2. The minimum Gasteiger partial charge on any atom is -0.327 e. The summed E-state index contributed by atoms with van der Waals surface area (Å²) < 4.78 is 2.16. The number of hydrogen-bond acceptors (Lipinski definition) is 1. The van der Waals surface area contributed by atoms with Gasteiger partial charge in [-0.2, -0.15) is 0 Å². The molecule has 0 saturated heterocycles. The zero-order valence-corrected chi connectivity index (χ0v) is 12.2. The van der Waals surface area contributed by atoms with Gasteiger partial charge in [-0.25, -0.2) is 4.98 Å². The van der Waals surface area contributed by atoms with Gasteiger partial charge in [-0.1, -0.05) is 47.9 Å². The van der Waals surface area contributed by atoms with Crippen LogP contribution in [-0.4, -0.2) is 17.4 Å². The van der Waals surface area contributed by atoms with Crippen LogP contribution in [-0.2, 0) is 7.05 Å². The lowest BCUT2D eigenvalue weighted by Gasteiger charge is -2.05. The van der Waals surface area contributed by atoms with Crippen molar-refractivity contribution in [2.45, 2.75) is 0 Å². The molecule has 0 fully saturated rings. The lowest BCUT2D eigenvalue weighted by atomic mass is 9.93. The molecule has 0 aliphatic carbocycles. The molecule has 0 amide bonds. The van der Waals surface area contributed by atoms with Crippen molar-refractivity contribution in [2.24, 2.45) is 7.05 Å². The largest absolute Gasteiger partial charge is 0.327 e. The first-order valence-electron chi connectivity index (χ1n) is 7.15. The fourth-order valence-electron chi connectivity index (χ4n) is 2.91. The van der Waals surface area contributed by atoms with Gasteiger partial charge in [0.25, 0.3) is 0 Å². The van der Waals surface area contributed by atoms with Crippen LogP contribution in [0.3, 0.4) is 0 Å². The maximum atomic E-state index is 4.77. The second kappa shape index (κ2) is 4.49. The molecule has 0 aliphatic rings. The Balaban J connectivity index is 1.95. The minimum absolute atomic E-state index is 1.01. The van der Waals surface area contributed by atoms with Crippen LogP contribution in [0.25, 0.3) is 33.2 Å². The highest BCUT2D eigenvalue weighted by molar-refractivity contribution is 6.33. The van der Waals surface area contributed by atoms with Gasteiger partial charge in [0.05, 0.1) is 11.0 Å². The summed E-state index contributed by atoms with van der Waals surface area (Å²) in [7, 11) is 4.20. The van der Waals surface area contributed by atoms with Crippen molar-refractivity contribution < 1.29 is 0 Å². The van der Waals surface area contributed by atoms with Crippen LogP contribution in [0, 0.1) is 0 Å². The number of fused-ring (bicyclic) bond motifs is 2. The van der Waals surface area contributed by atoms with E-state index in [1.807, 2.05) is 6.07 Å². The van der Waals surface area contributed by atoms with E-state index < -0.39 is 0 Å². The second-order valence-electron chi connectivity index (χ2n) is 5.55. The fourth-order valence-corrected chi connectivity index (χ4v) is 2.91. The third-order valence-electron chi connectivity index (χ3n) is 4.04. The van der Waals surface area contributed by atoms with E-state index in [1.54, 1.807) is 0 Å². The standard InChI is InChI=1S/C18H15BN2/c1-21-17-5-3-2-4-16(17)20-18(21)14-7-6-13-11-15(19)9-8-12(13)10-14/h2-11H,19H2,1H3. The van der Waals surface area contributed by atoms with Gasteiger partial charge in [-0.3, -0.25) is 0 Å². The number of para-hydroxylation sites is 2. The molecule has 3 heteroatoms. The van der Waals surface area contributed by atoms with Crippen molar-refractivity contribution in [2.75, 3.05) is 0 Å². The van der Waals surface area contributed by atoms with Crippen molar-refractivity contribution in [1.82, 2.24) is 9.55 Å². The molecule has 0 radical (unpaired) electrons. The van der Waals surface area contributed by atoms with Crippen LogP contribution in [0.4, 0.5) is 0 Å². The van der Waals surface area contributed by atoms with Crippen molar-refractivity contribution in [1.29, 1.82) is 0 Å². The zero-order valence-electron chi connectivity index (χ0n) is 12.2. The Morgan fingerprint density at radius 3 is 2.52 bits per heavy atom. The van der Waals surface area contributed by atoms with Gasteiger partial charge in [0, 0.05) is 12.6 Å². The van der Waals surface area contributed by atoms with E-state index >= 15 is 0 Å². The highest BCUT2D eigenvalue weighted by Gasteiger charge is 2.09. The molecular weight excluding hydrogens is 255 g/mol. The summed E-state index contributed by atoms with van der Waals surface area (Å²) in [4.78, 5) is 4.77. The Morgan fingerprint density at radius 1 is 0.905 bits per heavy atom. The molecule has 21 heavy (non-hydrogen) atoms. The summed E-state index contributed by atoms with van der Waals surface area (Å²) in [5.74, 6) is 1.01. The van der Waals surface area contributed by atoms with Gasteiger partial charge in [0.15, 0.2) is 0 Å². The fraction of sp³-hybridized carbons (Fsp3) is 0.0556. The third-order valence-corrected chi connectivity index (χ3v) is 4.04. The summed E-state index contributed by atoms with van der Waals surface area (Å²) in [6, 6.07) is 21.3. The first-order valence-corrected chi connectivity index (χ1v) is 7.15. The van der Waals surface area contributed by atoms with E-state index in [4.69, 9.17) is 4.98 Å². The molecule has 0 atom stereocenters. The summed E-state index contributed by atoms with van der Waals surface area (Å²) >= 11 is 0. The molecular formula is C18H15BN2. The number of nitrogens with zero attached hydrogens (tertiary/aromatic N) is 2. The van der Waals surface area contributed by atoms with Gasteiger partial charge < -0.3 is 4.57 Å². The van der Waals surface area contributed by atoms with Crippen LogP contribution in [0.2, 0.25) is 0 Å². The summed E-state index contributed by atoms with van der Waals surface area (Å²) in [5.41, 5.74) is 4.65. The predicted octanol–water partition coefficient (Wildman–Crippen LogP) is 2.65. The number of benzene rings is 3. The molecule has 0 N–H and O–H groups in total. The molecule has 4 aromatic rings. The van der Waals surface area contributed by atoms with Crippen LogP contribution in [0.15, 0.2) is 60.7 Å². The summed E-state index contributed by atoms with van der Waals surface area (Å²) in [5, 5.41) is 2.53. The van der Waals surface area contributed by atoms with Gasteiger partial charge >= 0.3 is 0 Å². The summed E-state index contributed by atoms with van der Waals surface area (Å²) in [6.45, 7) is 0. The van der Waals surface area contributed by atoms with E-state index in [0.717, 1.165) is 22.4 Å². The van der Waals surface area contributed by atoms with E-state index in [2.05, 4.69) is 74.1 Å². The molecule has 4 rings (SSSR count). The normalized spacial score (nSPS) is 11.3. The first-order chi connectivity index (χ1) is 10.2. The molecule has 100 valence electrons. The van der Waals surface area contributed by atoms with Crippen LogP contribution in [0.5, 0.6) is 0 Å². The number of aromatic nitrogens is 2. The van der Waals surface area contributed by atoms with E-state index in [0.29, 0.717) is 0 Å². The number of imidazole rings is 1. The molecule has 0 spiro atoms. The number of hydrogen-bond donors (Lipinski definition) is 0. The van der Waals surface area contributed by atoms with Crippen LogP contribution in [0.1, 0.15) is 0 Å². The zero-order chi connectivity index (χ0) is 14.4. The van der Waals surface area contributed by atoms with Crippen LogP contribution < -0.4 is 5.46 Å². The van der Waals surface area contributed by atoms with Gasteiger partial charge in [0.2, 0.25) is 0 Å². The SMILES string of the molecule is Bc1ccc2cc(-c3nc4ccccc4n3C)ccc2c1. The Morgan fingerprint density at radius 2 is 1.67 bits per heavy atom. The Hall–Kier alpha value is -2.55. The predicted molar refractivity (Wildman–Crippen MR) is 91.8 cm³/mol. The van der Waals surface area contributed by atoms with Crippen molar-refractivity contribution in [3.05, 3.63) is 60.7 Å². The molecule has 0 saturated carbocycles. The van der Waals surface area contributed by atoms with Gasteiger partial charge in [0.1, 0.15) is 13.7 Å². The van der Waals surface area contributed by atoms with E-state index in [9.17, 15) is 0 Å². The topological polar surface area (TPSA) is 17.8 Å². The van der Waals surface area contributed by atoms with Crippen molar-refractivity contribution in [3.63, 3.8) is 0 Å². The maximum Gasteiger partial charge on any atom is 0.140 e. The lowest BCUT2D eigenvalue weighted by Crippen LogP contribution is -1.99. The lowest BCUT2D eigenvalue weighted by molar-refractivity contribution is 0.960. The quantitative estimate of drug-likeness (QED) is 0.486. The number of aryl methyl sites for hydroxylation is 1. The maximum absolute atomic E-state index is 4.77. The molecule has 0 aliphatic heterocycles. The summed E-state index contributed by atoms with van der Waals surface area (Å²) in [6.07, 6.45) is 0. The average Bonchev–Trinajstić information content (AvgIpc) is 2.84. The molecule has 1 aromatic heterocycles. The van der Waals surface area contributed by atoms with Crippen molar-refractivity contribution in [3.8, 4) is 11.4 Å². The molecule has 2 nitrogen and oxygen atoms in total. The van der Waals surface area contributed by atoms with Gasteiger partial charge in [-0.15, -0.1) is 0 Å². The van der Waals surface area contributed by atoms with Crippen LogP contribution >= 0.6 is 0 Å². The smallest absolute Gasteiger partial charge is 0.140 e. The van der Waals surface area contributed by atoms with E-state index in [-0.39, 0.29) is 0 Å². The monoisotopic (exact) mass is 270 g/mol. The molecule has 1 heterocycles. The Kier molecular flexibility index (Phi) is 2.61. The van der Waals surface area contributed by atoms with Gasteiger partial charge in [-0.05, 0) is 29.0 Å². The number of rotatable bonds is 1.